The van der Waals surface area contributed by atoms with Crippen LogP contribution in [-0.2, 0) is 39.9 Å². The average molecular weight is 772 g/mol. The van der Waals surface area contributed by atoms with Crippen LogP contribution >= 0.6 is 0 Å². The Hall–Kier alpha value is -3.35. The monoisotopic (exact) mass is 772 g/mol. The van der Waals surface area contributed by atoms with E-state index >= 15 is 0 Å². The van der Waals surface area contributed by atoms with E-state index in [9.17, 15) is 24.0 Å². The molecule has 1 saturated heterocycles. The summed E-state index contributed by atoms with van der Waals surface area (Å²) < 4.78 is 12.0. The van der Waals surface area contributed by atoms with E-state index in [1.807, 2.05) is 105 Å². The van der Waals surface area contributed by atoms with Crippen LogP contribution in [0.4, 0.5) is 0 Å². The van der Waals surface area contributed by atoms with Gasteiger partial charge in [-0.25, -0.2) is 0 Å². The molecule has 12 heteroatoms. The number of nitrogens with zero attached hydrogens (tertiary/aromatic N) is 3. The summed E-state index contributed by atoms with van der Waals surface area (Å²) in [6.07, 6.45) is 1.31. The molecule has 9 atom stereocenters. The number of hydrogen-bond donors (Lipinski definition) is 2. The van der Waals surface area contributed by atoms with Crippen LogP contribution in [0.5, 0.6) is 0 Å². The van der Waals surface area contributed by atoms with Crippen LogP contribution in [-0.4, -0.2) is 128 Å². The summed E-state index contributed by atoms with van der Waals surface area (Å²) in [7, 11) is 8.57. The van der Waals surface area contributed by atoms with Crippen molar-refractivity contribution in [2.24, 2.45) is 29.6 Å². The molecular weight excluding hydrogens is 699 g/mol. The molecule has 55 heavy (non-hydrogen) atoms. The number of benzene rings is 1. The van der Waals surface area contributed by atoms with E-state index in [1.165, 1.54) is 0 Å². The van der Waals surface area contributed by atoms with Crippen molar-refractivity contribution in [2.45, 2.75) is 137 Å². The van der Waals surface area contributed by atoms with E-state index in [1.54, 1.807) is 38.0 Å². The maximum atomic E-state index is 14.3. The first-order chi connectivity index (χ1) is 25.8. The van der Waals surface area contributed by atoms with E-state index in [-0.39, 0.29) is 65.5 Å². The maximum Gasteiger partial charge on any atom is 0.245 e. The summed E-state index contributed by atoms with van der Waals surface area (Å²) in [6, 6.07) is 6.95. The molecule has 4 amide bonds. The van der Waals surface area contributed by atoms with Gasteiger partial charge in [0.25, 0.3) is 0 Å². The Kier molecular flexibility index (Phi) is 19.5. The Morgan fingerprint density at radius 2 is 1.47 bits per heavy atom. The lowest BCUT2D eigenvalue weighted by Gasteiger charge is -2.41. The van der Waals surface area contributed by atoms with E-state index in [2.05, 4.69) is 10.6 Å². The highest BCUT2D eigenvalue weighted by Crippen LogP contribution is 2.30. The average Bonchev–Trinajstić information content (AvgIpc) is 3.62. The van der Waals surface area contributed by atoms with E-state index in [0.717, 1.165) is 18.4 Å². The molecule has 2 rings (SSSR count). The summed E-state index contributed by atoms with van der Waals surface area (Å²) in [6.45, 7) is 17.8. The van der Waals surface area contributed by atoms with Gasteiger partial charge in [-0.2, -0.15) is 0 Å². The predicted octanol–water partition coefficient (Wildman–Crippen LogP) is 4.59. The van der Waals surface area contributed by atoms with Crippen LogP contribution in [0.3, 0.4) is 0 Å². The molecule has 12 nitrogen and oxygen atoms in total. The summed E-state index contributed by atoms with van der Waals surface area (Å²) in [5, 5.41) is 6.06. The van der Waals surface area contributed by atoms with Crippen LogP contribution < -0.4 is 10.6 Å². The van der Waals surface area contributed by atoms with Gasteiger partial charge in [0.05, 0.1) is 48.7 Å². The highest BCUT2D eigenvalue weighted by Gasteiger charge is 2.43. The molecule has 1 aliphatic rings. The lowest BCUT2D eigenvalue weighted by Crippen LogP contribution is -2.59. The lowest BCUT2D eigenvalue weighted by molar-refractivity contribution is -0.148. The fourth-order valence-electron chi connectivity index (χ4n) is 8.19. The number of hydrogen-bond acceptors (Lipinski definition) is 8. The number of amides is 4. The fourth-order valence-corrected chi connectivity index (χ4v) is 8.19. The van der Waals surface area contributed by atoms with Gasteiger partial charge in [-0.05, 0) is 56.7 Å². The molecule has 1 aromatic carbocycles. The molecule has 1 aliphatic heterocycles. The third kappa shape index (κ3) is 12.8. The first-order valence-corrected chi connectivity index (χ1v) is 20.3. The quantitative estimate of drug-likeness (QED) is 0.175. The number of ether oxygens (including phenoxy) is 2. The van der Waals surface area contributed by atoms with Crippen LogP contribution in [0.25, 0.3) is 0 Å². The number of likely N-dealkylation sites (N-methyl/N-ethyl adjacent to an activating group) is 2. The zero-order valence-electron chi connectivity index (χ0n) is 36.3. The standard InChI is InChI=1S/C43H73N5O7/c1-15-29(8)38(47(12)43(53)36(26(2)3)45-42(52)37(27(4)5)46(10)11)34(54-13)25-35(49)48-23-19-22-33(48)40(55-14)30(9)41(51)44-32(39(50)28(6)7)24-31-20-17-16-18-21-31/h16-18,20-21,26-30,32-34,36-38,40H,15,19,22-25H2,1-14H3,(H,44,51)(H,45,52)/t29-,30+,32-,33-,34+,36-,37-,38-,40+/m0/s1. The molecule has 0 aliphatic carbocycles. The van der Waals surface area contributed by atoms with Gasteiger partial charge < -0.3 is 29.9 Å². The maximum absolute atomic E-state index is 14.3. The Balaban J connectivity index is 2.30. The molecule has 312 valence electrons. The van der Waals surface area contributed by atoms with Crippen molar-refractivity contribution in [3.05, 3.63) is 35.9 Å². The fraction of sp³-hybridized carbons (Fsp3) is 0.744. The number of Topliss-reactive ketones (excluding diaryl/α,β-unsaturated/α-hetero) is 1. The molecule has 1 aromatic rings. The van der Waals surface area contributed by atoms with Gasteiger partial charge in [-0.3, -0.25) is 28.9 Å². The second kappa shape index (κ2) is 22.4. The zero-order chi connectivity index (χ0) is 41.7. The number of ketones is 1. The van der Waals surface area contributed by atoms with Crippen molar-refractivity contribution in [3.63, 3.8) is 0 Å². The number of carbonyl (C=O) groups is 5. The molecule has 0 bridgehead atoms. The van der Waals surface area contributed by atoms with Gasteiger partial charge in [-0.15, -0.1) is 0 Å². The number of rotatable bonds is 22. The number of likely N-dealkylation sites (tertiary alicyclic amines) is 1. The first-order valence-electron chi connectivity index (χ1n) is 20.3. The molecule has 0 spiro atoms. The summed E-state index contributed by atoms with van der Waals surface area (Å²) in [5.41, 5.74) is 0.953. The Labute approximate surface area is 331 Å². The molecular formula is C43H73N5O7. The van der Waals surface area contributed by atoms with Gasteiger partial charge in [0, 0.05) is 33.7 Å². The minimum atomic E-state index is -0.764. The number of nitrogens with one attached hydrogen (secondary N) is 2. The van der Waals surface area contributed by atoms with E-state index < -0.39 is 42.3 Å². The van der Waals surface area contributed by atoms with E-state index in [0.29, 0.717) is 19.4 Å². The molecule has 0 radical (unpaired) electrons. The van der Waals surface area contributed by atoms with Crippen LogP contribution in [0.15, 0.2) is 30.3 Å². The van der Waals surface area contributed by atoms with Crippen molar-refractivity contribution < 1.29 is 33.4 Å². The smallest absolute Gasteiger partial charge is 0.245 e. The minimum absolute atomic E-state index is 0.0213. The normalized spacial score (nSPS) is 19.1. The van der Waals surface area contributed by atoms with Crippen molar-refractivity contribution in [1.82, 2.24) is 25.3 Å². The van der Waals surface area contributed by atoms with Crippen molar-refractivity contribution >= 4 is 29.4 Å². The topological polar surface area (TPSA) is 138 Å². The molecule has 1 heterocycles. The molecule has 1 fully saturated rings. The van der Waals surface area contributed by atoms with Gasteiger partial charge >= 0.3 is 0 Å². The van der Waals surface area contributed by atoms with Gasteiger partial charge in [-0.1, -0.05) is 99.1 Å². The van der Waals surface area contributed by atoms with Crippen molar-refractivity contribution in [1.29, 1.82) is 0 Å². The number of methoxy groups -OCH3 is 2. The Bertz CT molecular complexity index is 1380. The van der Waals surface area contributed by atoms with Gasteiger partial charge in [0.2, 0.25) is 23.6 Å². The second-order valence-corrected chi connectivity index (χ2v) is 16.8. The van der Waals surface area contributed by atoms with Crippen molar-refractivity contribution in [2.75, 3.05) is 41.9 Å². The summed E-state index contributed by atoms with van der Waals surface area (Å²) in [5.74, 6) is -1.99. The van der Waals surface area contributed by atoms with Crippen LogP contribution in [0.1, 0.15) is 93.6 Å². The SMILES string of the molecule is CC[C@H](C)[C@@H]([C@@H](CC(=O)N1CCC[C@H]1[C@H](OC)[C@@H](C)C(=O)N[C@@H](Cc1ccccc1)C(=O)C(C)C)OC)N(C)C(=O)[C@@H](NC(=O)[C@H](C(C)C)N(C)C)C(C)C. The summed E-state index contributed by atoms with van der Waals surface area (Å²) >= 11 is 0. The zero-order valence-corrected chi connectivity index (χ0v) is 36.3. The molecule has 0 unspecified atom stereocenters. The Morgan fingerprint density at radius 3 is 1.96 bits per heavy atom. The molecule has 0 saturated carbocycles. The van der Waals surface area contributed by atoms with Gasteiger partial charge in [0.15, 0.2) is 5.78 Å². The van der Waals surface area contributed by atoms with Crippen molar-refractivity contribution in [3.8, 4) is 0 Å². The van der Waals surface area contributed by atoms with Crippen LogP contribution in [0, 0.1) is 29.6 Å². The minimum Gasteiger partial charge on any atom is -0.379 e. The second-order valence-electron chi connectivity index (χ2n) is 16.8. The first kappa shape index (κ1) is 47.8. The highest BCUT2D eigenvalue weighted by atomic mass is 16.5. The highest BCUT2D eigenvalue weighted by molar-refractivity contribution is 5.91. The third-order valence-electron chi connectivity index (χ3n) is 11.5. The molecule has 0 aromatic heterocycles. The number of carbonyl (C=O) groups excluding carboxylic acids is 5. The van der Waals surface area contributed by atoms with Crippen LogP contribution in [0.2, 0.25) is 0 Å². The van der Waals surface area contributed by atoms with Gasteiger partial charge in [0.1, 0.15) is 6.04 Å². The lowest BCUT2D eigenvalue weighted by atomic mass is 9.89. The Morgan fingerprint density at radius 1 is 0.855 bits per heavy atom. The summed E-state index contributed by atoms with van der Waals surface area (Å²) in [4.78, 5) is 74.3. The third-order valence-corrected chi connectivity index (χ3v) is 11.5. The predicted molar refractivity (Wildman–Crippen MR) is 217 cm³/mol. The van der Waals surface area contributed by atoms with E-state index in [4.69, 9.17) is 9.47 Å². The molecule has 2 N–H and O–H groups in total. The largest absolute Gasteiger partial charge is 0.379 e.